The highest BCUT2D eigenvalue weighted by Crippen LogP contribution is 2.21. The Morgan fingerprint density at radius 3 is 2.56 bits per heavy atom. The maximum atomic E-state index is 13.2. The van der Waals surface area contributed by atoms with Crippen molar-refractivity contribution in [3.05, 3.63) is 76.1 Å². The Morgan fingerprint density at radius 1 is 1.11 bits per heavy atom. The Balaban J connectivity index is 1.97. The number of amides is 1. The Hall–Kier alpha value is -3.08. The van der Waals surface area contributed by atoms with Crippen LogP contribution in [0, 0.1) is 5.92 Å². The van der Waals surface area contributed by atoms with E-state index in [2.05, 4.69) is 4.98 Å². The van der Waals surface area contributed by atoms with Gasteiger partial charge in [0, 0.05) is 17.6 Å². The molecule has 3 rings (SSSR count). The summed E-state index contributed by atoms with van der Waals surface area (Å²) in [5.41, 5.74) is 1.68. The molecule has 5 heteroatoms. The van der Waals surface area contributed by atoms with Crippen molar-refractivity contribution in [1.29, 1.82) is 0 Å². The van der Waals surface area contributed by atoms with Gasteiger partial charge in [0.05, 0.1) is 19.2 Å². The zero-order valence-electron chi connectivity index (χ0n) is 15.9. The van der Waals surface area contributed by atoms with Gasteiger partial charge in [-0.25, -0.2) is 0 Å². The summed E-state index contributed by atoms with van der Waals surface area (Å²) in [7, 11) is 1.55. The second kappa shape index (κ2) is 8.08. The standard InChI is InChI=1S/C22H24N2O3/c1-15(2)13-24(22(26)18-9-5-7-11-20(18)27-3)14-17-12-16-8-4-6-10-19(16)23-21(17)25/h4-12,15H,13-14H2,1-3H3,(H,23,25). The lowest BCUT2D eigenvalue weighted by Gasteiger charge is -2.25. The van der Waals surface area contributed by atoms with Gasteiger partial charge in [-0.2, -0.15) is 0 Å². The van der Waals surface area contributed by atoms with Gasteiger partial charge in [-0.05, 0) is 35.6 Å². The molecule has 0 bridgehead atoms. The number of hydrogen-bond acceptors (Lipinski definition) is 3. The molecule has 1 amide bonds. The van der Waals surface area contributed by atoms with Gasteiger partial charge in [0.1, 0.15) is 5.75 Å². The zero-order valence-corrected chi connectivity index (χ0v) is 15.9. The molecule has 140 valence electrons. The fourth-order valence-corrected chi connectivity index (χ4v) is 3.17. The van der Waals surface area contributed by atoms with E-state index in [1.165, 1.54) is 0 Å². The number of nitrogens with zero attached hydrogens (tertiary/aromatic N) is 1. The van der Waals surface area contributed by atoms with E-state index in [1.54, 1.807) is 24.1 Å². The molecule has 0 aliphatic rings. The van der Waals surface area contributed by atoms with Crippen molar-refractivity contribution >= 4 is 16.8 Å². The summed E-state index contributed by atoms with van der Waals surface area (Å²) >= 11 is 0. The minimum absolute atomic E-state index is 0.145. The number of pyridine rings is 1. The van der Waals surface area contributed by atoms with Crippen LogP contribution in [0.4, 0.5) is 0 Å². The average molecular weight is 364 g/mol. The van der Waals surface area contributed by atoms with Crippen LogP contribution >= 0.6 is 0 Å². The summed E-state index contributed by atoms with van der Waals surface area (Å²) < 4.78 is 5.34. The number of H-pyrrole nitrogens is 1. The van der Waals surface area contributed by atoms with Crippen LogP contribution in [0.3, 0.4) is 0 Å². The van der Waals surface area contributed by atoms with E-state index in [0.29, 0.717) is 23.4 Å². The van der Waals surface area contributed by atoms with Crippen LogP contribution in [0.25, 0.3) is 10.9 Å². The molecule has 0 radical (unpaired) electrons. The SMILES string of the molecule is COc1ccccc1C(=O)N(Cc1cc2ccccc2[nH]c1=O)CC(C)C. The van der Waals surface area contributed by atoms with E-state index in [1.807, 2.05) is 56.3 Å². The van der Waals surface area contributed by atoms with E-state index in [0.717, 1.165) is 10.9 Å². The second-order valence-electron chi connectivity index (χ2n) is 6.99. The largest absolute Gasteiger partial charge is 0.496 e. The minimum Gasteiger partial charge on any atom is -0.496 e. The highest BCUT2D eigenvalue weighted by Gasteiger charge is 2.21. The highest BCUT2D eigenvalue weighted by molar-refractivity contribution is 5.97. The summed E-state index contributed by atoms with van der Waals surface area (Å²) in [6, 6.07) is 16.6. The van der Waals surface area contributed by atoms with Crippen molar-refractivity contribution in [2.45, 2.75) is 20.4 Å². The zero-order chi connectivity index (χ0) is 19.4. The smallest absolute Gasteiger partial charge is 0.257 e. The molecule has 1 heterocycles. The summed E-state index contributed by atoms with van der Waals surface area (Å²) in [6.45, 7) is 4.89. The first-order valence-corrected chi connectivity index (χ1v) is 9.03. The topological polar surface area (TPSA) is 62.4 Å². The van der Waals surface area contributed by atoms with Crippen molar-refractivity contribution in [3.63, 3.8) is 0 Å². The molecule has 5 nitrogen and oxygen atoms in total. The number of carbonyl (C=O) groups excluding carboxylic acids is 1. The van der Waals surface area contributed by atoms with Crippen molar-refractivity contribution in [2.24, 2.45) is 5.92 Å². The number of methoxy groups -OCH3 is 1. The van der Waals surface area contributed by atoms with Crippen molar-refractivity contribution in [3.8, 4) is 5.75 Å². The molecular formula is C22H24N2O3. The normalized spacial score (nSPS) is 11.0. The summed E-state index contributed by atoms with van der Waals surface area (Å²) in [5.74, 6) is 0.653. The van der Waals surface area contributed by atoms with E-state index < -0.39 is 0 Å². The first-order valence-electron chi connectivity index (χ1n) is 9.03. The average Bonchev–Trinajstić information content (AvgIpc) is 2.67. The lowest BCUT2D eigenvalue weighted by molar-refractivity contribution is 0.0718. The third kappa shape index (κ3) is 4.19. The number of para-hydroxylation sites is 2. The van der Waals surface area contributed by atoms with Gasteiger partial charge in [0.2, 0.25) is 0 Å². The van der Waals surface area contributed by atoms with Gasteiger partial charge in [-0.15, -0.1) is 0 Å². The second-order valence-corrected chi connectivity index (χ2v) is 6.99. The minimum atomic E-state index is -0.171. The number of fused-ring (bicyclic) bond motifs is 1. The molecule has 0 fully saturated rings. The maximum absolute atomic E-state index is 13.2. The molecule has 3 aromatic rings. The number of aromatic nitrogens is 1. The van der Waals surface area contributed by atoms with Crippen LogP contribution in [0.2, 0.25) is 0 Å². The predicted molar refractivity (Wildman–Crippen MR) is 107 cm³/mol. The maximum Gasteiger partial charge on any atom is 0.257 e. The molecule has 0 aliphatic heterocycles. The van der Waals surface area contributed by atoms with Gasteiger partial charge in [0.25, 0.3) is 11.5 Å². The Morgan fingerprint density at radius 2 is 1.81 bits per heavy atom. The number of nitrogens with one attached hydrogen (secondary N) is 1. The number of benzene rings is 2. The van der Waals surface area contributed by atoms with Crippen LogP contribution in [0.1, 0.15) is 29.8 Å². The van der Waals surface area contributed by atoms with Gasteiger partial charge in [-0.3, -0.25) is 9.59 Å². The summed E-state index contributed by atoms with van der Waals surface area (Å²) in [4.78, 5) is 30.3. The van der Waals surface area contributed by atoms with Gasteiger partial charge in [-0.1, -0.05) is 44.2 Å². The first kappa shape index (κ1) is 18.7. The van der Waals surface area contributed by atoms with Crippen molar-refractivity contribution in [1.82, 2.24) is 9.88 Å². The Kier molecular flexibility index (Phi) is 5.60. The van der Waals surface area contributed by atoms with Crippen LogP contribution < -0.4 is 10.3 Å². The van der Waals surface area contributed by atoms with Gasteiger partial charge in [0.15, 0.2) is 0 Å². The van der Waals surface area contributed by atoms with Gasteiger partial charge >= 0.3 is 0 Å². The number of aromatic amines is 1. The van der Waals surface area contributed by atoms with Gasteiger partial charge < -0.3 is 14.6 Å². The van der Waals surface area contributed by atoms with Crippen molar-refractivity contribution < 1.29 is 9.53 Å². The lowest BCUT2D eigenvalue weighted by atomic mass is 10.1. The molecular weight excluding hydrogens is 340 g/mol. The molecule has 1 aromatic heterocycles. The van der Waals surface area contributed by atoms with Crippen LogP contribution in [0.5, 0.6) is 5.75 Å². The van der Waals surface area contributed by atoms with E-state index in [-0.39, 0.29) is 23.9 Å². The molecule has 0 unspecified atom stereocenters. The van der Waals surface area contributed by atoms with E-state index in [9.17, 15) is 9.59 Å². The molecule has 0 saturated carbocycles. The van der Waals surface area contributed by atoms with Crippen molar-refractivity contribution in [2.75, 3.05) is 13.7 Å². The first-order chi connectivity index (χ1) is 13.0. The Labute approximate surface area is 158 Å². The molecule has 0 spiro atoms. The fraction of sp³-hybridized carbons (Fsp3) is 0.273. The lowest BCUT2D eigenvalue weighted by Crippen LogP contribution is -2.35. The van der Waals surface area contributed by atoms with E-state index in [4.69, 9.17) is 4.74 Å². The number of rotatable bonds is 6. The third-order valence-corrected chi connectivity index (χ3v) is 4.40. The Bertz CT molecular complexity index is 1010. The monoisotopic (exact) mass is 364 g/mol. The summed E-state index contributed by atoms with van der Waals surface area (Å²) in [5, 5.41) is 0.946. The summed E-state index contributed by atoms with van der Waals surface area (Å²) in [6.07, 6.45) is 0. The van der Waals surface area contributed by atoms with E-state index >= 15 is 0 Å². The molecule has 0 atom stereocenters. The molecule has 1 N–H and O–H groups in total. The van der Waals surface area contributed by atoms with Crippen LogP contribution in [-0.4, -0.2) is 29.4 Å². The molecule has 2 aromatic carbocycles. The van der Waals surface area contributed by atoms with Crippen LogP contribution in [-0.2, 0) is 6.54 Å². The molecule has 0 aliphatic carbocycles. The third-order valence-electron chi connectivity index (χ3n) is 4.40. The predicted octanol–water partition coefficient (Wildman–Crippen LogP) is 3.84. The number of ether oxygens (including phenoxy) is 1. The fourth-order valence-electron chi connectivity index (χ4n) is 3.17. The number of hydrogen-bond donors (Lipinski definition) is 1. The molecule has 0 saturated heterocycles. The highest BCUT2D eigenvalue weighted by atomic mass is 16.5. The number of carbonyl (C=O) groups is 1. The quantitative estimate of drug-likeness (QED) is 0.723. The van der Waals surface area contributed by atoms with Crippen LogP contribution in [0.15, 0.2) is 59.4 Å². The molecule has 27 heavy (non-hydrogen) atoms.